The van der Waals surface area contributed by atoms with E-state index in [1.807, 2.05) is 34.7 Å². The lowest BCUT2D eigenvalue weighted by molar-refractivity contribution is 0.621. The van der Waals surface area contributed by atoms with Gasteiger partial charge in [-0.05, 0) is 53.1 Å². The number of hydrogen-bond acceptors (Lipinski definition) is 2. The Bertz CT molecular complexity index is 584. The number of anilines is 2. The molecule has 2 rings (SSSR count). The van der Waals surface area contributed by atoms with Gasteiger partial charge in [0.25, 0.3) is 0 Å². The second-order valence-electron chi connectivity index (χ2n) is 4.46. The summed E-state index contributed by atoms with van der Waals surface area (Å²) in [4.78, 5) is 0. The minimum atomic E-state index is -0.242. The van der Waals surface area contributed by atoms with Gasteiger partial charge in [-0.2, -0.15) is 0 Å². The first-order chi connectivity index (χ1) is 9.08. The summed E-state index contributed by atoms with van der Waals surface area (Å²) in [6.07, 6.45) is 0.889. The summed E-state index contributed by atoms with van der Waals surface area (Å²) in [5.74, 6) is -0.242. The highest BCUT2D eigenvalue weighted by atomic mass is 127. The normalized spacial score (nSPS) is 10.5. The van der Waals surface area contributed by atoms with E-state index in [0.29, 0.717) is 14.9 Å². The van der Waals surface area contributed by atoms with Crippen molar-refractivity contribution in [1.29, 1.82) is 0 Å². The topological polar surface area (TPSA) is 38.0 Å². The van der Waals surface area contributed by atoms with Crippen molar-refractivity contribution >= 4 is 34.0 Å². The number of rotatable bonds is 4. The predicted octanol–water partition coefficient (Wildman–Crippen LogP) is 3.98. The zero-order valence-electron chi connectivity index (χ0n) is 10.7. The lowest BCUT2D eigenvalue weighted by Crippen LogP contribution is -2.08. The Morgan fingerprint density at radius 1 is 1.26 bits per heavy atom. The molecule has 0 fully saturated rings. The quantitative estimate of drug-likeness (QED) is 0.631. The maximum absolute atomic E-state index is 13.5. The zero-order valence-corrected chi connectivity index (χ0v) is 12.9. The fourth-order valence-electron chi connectivity index (χ4n) is 1.94. The van der Waals surface area contributed by atoms with Crippen LogP contribution in [0, 0.1) is 16.3 Å². The van der Waals surface area contributed by atoms with Crippen LogP contribution >= 0.6 is 22.6 Å². The fourth-order valence-corrected chi connectivity index (χ4v) is 2.43. The van der Waals surface area contributed by atoms with E-state index in [1.54, 1.807) is 6.07 Å². The fraction of sp³-hybridized carbons (Fsp3) is 0.200. The van der Waals surface area contributed by atoms with Gasteiger partial charge >= 0.3 is 0 Å². The van der Waals surface area contributed by atoms with Crippen LogP contribution in [-0.2, 0) is 6.42 Å². The molecule has 0 unspecified atom stereocenters. The minimum Gasteiger partial charge on any atom is -0.397 e. The van der Waals surface area contributed by atoms with Gasteiger partial charge in [-0.3, -0.25) is 0 Å². The van der Waals surface area contributed by atoms with Crippen molar-refractivity contribution in [3.63, 3.8) is 0 Å². The van der Waals surface area contributed by atoms with Crippen LogP contribution in [0.1, 0.15) is 11.1 Å². The number of halogens is 2. The third-order valence-electron chi connectivity index (χ3n) is 3.06. The first kappa shape index (κ1) is 14.1. The van der Waals surface area contributed by atoms with Crippen LogP contribution in [0.15, 0.2) is 36.4 Å². The molecular formula is C15H16FIN2. The molecule has 0 saturated heterocycles. The standard InChI is InChI=1S/C15H16FIN2/c1-10-4-2-3-5-11(10)6-7-19-15-8-12(16)13(17)9-14(15)18/h2-5,8-9,19H,6-7,18H2,1H3. The molecule has 0 radical (unpaired) electrons. The molecule has 0 aliphatic rings. The van der Waals surface area contributed by atoms with E-state index in [9.17, 15) is 4.39 Å². The molecule has 0 bridgehead atoms. The van der Waals surface area contributed by atoms with Crippen molar-refractivity contribution in [3.8, 4) is 0 Å². The molecule has 0 saturated carbocycles. The van der Waals surface area contributed by atoms with Crippen LogP contribution in [0.2, 0.25) is 0 Å². The van der Waals surface area contributed by atoms with Crippen LogP contribution in [0.25, 0.3) is 0 Å². The van der Waals surface area contributed by atoms with Crippen LogP contribution in [0.4, 0.5) is 15.8 Å². The van der Waals surface area contributed by atoms with E-state index in [1.165, 1.54) is 17.2 Å². The molecule has 0 aliphatic heterocycles. The Hall–Kier alpha value is -1.30. The maximum atomic E-state index is 13.5. The van der Waals surface area contributed by atoms with Crippen molar-refractivity contribution in [2.24, 2.45) is 0 Å². The van der Waals surface area contributed by atoms with Gasteiger partial charge < -0.3 is 11.1 Å². The SMILES string of the molecule is Cc1ccccc1CCNc1cc(F)c(I)cc1N. The van der Waals surface area contributed by atoms with Crippen molar-refractivity contribution in [2.75, 3.05) is 17.6 Å². The highest BCUT2D eigenvalue weighted by Crippen LogP contribution is 2.24. The summed E-state index contributed by atoms with van der Waals surface area (Å²) in [7, 11) is 0. The van der Waals surface area contributed by atoms with Gasteiger partial charge in [-0.1, -0.05) is 24.3 Å². The highest BCUT2D eigenvalue weighted by Gasteiger charge is 2.05. The Kier molecular flexibility index (Phi) is 4.63. The zero-order chi connectivity index (χ0) is 13.8. The summed E-state index contributed by atoms with van der Waals surface area (Å²) in [5.41, 5.74) is 9.66. The first-order valence-electron chi connectivity index (χ1n) is 6.11. The van der Waals surface area contributed by atoms with Crippen LogP contribution in [0.5, 0.6) is 0 Å². The number of hydrogen-bond donors (Lipinski definition) is 2. The molecule has 3 N–H and O–H groups in total. The number of aryl methyl sites for hydroxylation is 1. The molecule has 0 spiro atoms. The molecule has 0 aliphatic carbocycles. The maximum Gasteiger partial charge on any atom is 0.138 e. The van der Waals surface area contributed by atoms with Crippen molar-refractivity contribution in [1.82, 2.24) is 0 Å². The van der Waals surface area contributed by atoms with Crippen molar-refractivity contribution in [3.05, 3.63) is 56.9 Å². The van der Waals surface area contributed by atoms with Gasteiger partial charge in [0.05, 0.1) is 14.9 Å². The first-order valence-corrected chi connectivity index (χ1v) is 7.18. The molecule has 19 heavy (non-hydrogen) atoms. The second-order valence-corrected chi connectivity index (χ2v) is 5.62. The van der Waals surface area contributed by atoms with Gasteiger partial charge in [0, 0.05) is 12.6 Å². The van der Waals surface area contributed by atoms with Crippen molar-refractivity contribution in [2.45, 2.75) is 13.3 Å². The summed E-state index contributed by atoms with van der Waals surface area (Å²) in [6, 6.07) is 11.4. The Labute approximate surface area is 126 Å². The average Bonchev–Trinajstić information content (AvgIpc) is 2.38. The van der Waals surface area contributed by atoms with Gasteiger partial charge in [0.15, 0.2) is 0 Å². The van der Waals surface area contributed by atoms with Crippen molar-refractivity contribution < 1.29 is 4.39 Å². The molecule has 4 heteroatoms. The molecule has 0 aromatic heterocycles. The molecule has 100 valence electrons. The van der Waals surface area contributed by atoms with E-state index in [4.69, 9.17) is 5.73 Å². The lowest BCUT2D eigenvalue weighted by Gasteiger charge is -2.11. The average molecular weight is 370 g/mol. The summed E-state index contributed by atoms with van der Waals surface area (Å²) in [6.45, 7) is 2.82. The van der Waals surface area contributed by atoms with Gasteiger partial charge in [-0.15, -0.1) is 0 Å². The smallest absolute Gasteiger partial charge is 0.138 e. The van der Waals surface area contributed by atoms with E-state index in [0.717, 1.165) is 13.0 Å². The third-order valence-corrected chi connectivity index (χ3v) is 3.89. The Morgan fingerprint density at radius 2 is 2.00 bits per heavy atom. The number of nitrogens with one attached hydrogen (secondary N) is 1. The number of nitrogen functional groups attached to an aromatic ring is 1. The molecule has 2 nitrogen and oxygen atoms in total. The van der Waals surface area contributed by atoms with E-state index < -0.39 is 0 Å². The van der Waals surface area contributed by atoms with Gasteiger partial charge in [-0.25, -0.2) is 4.39 Å². The van der Waals surface area contributed by atoms with Crippen LogP contribution in [0.3, 0.4) is 0 Å². The molecule has 0 heterocycles. The molecule has 0 atom stereocenters. The Morgan fingerprint density at radius 3 is 2.74 bits per heavy atom. The monoisotopic (exact) mass is 370 g/mol. The van der Waals surface area contributed by atoms with Crippen LogP contribution in [-0.4, -0.2) is 6.54 Å². The number of nitrogens with two attached hydrogens (primary N) is 1. The molecule has 0 amide bonds. The van der Waals surface area contributed by atoms with E-state index in [2.05, 4.69) is 24.4 Å². The molecular weight excluding hydrogens is 354 g/mol. The number of benzene rings is 2. The summed E-state index contributed by atoms with van der Waals surface area (Å²) in [5, 5.41) is 3.19. The predicted molar refractivity (Wildman–Crippen MR) is 86.9 cm³/mol. The third kappa shape index (κ3) is 3.59. The molecule has 2 aromatic carbocycles. The van der Waals surface area contributed by atoms with Gasteiger partial charge in [0.2, 0.25) is 0 Å². The van der Waals surface area contributed by atoms with E-state index in [-0.39, 0.29) is 5.82 Å². The second kappa shape index (κ2) is 6.23. The molecule has 2 aromatic rings. The van der Waals surface area contributed by atoms with Crippen LogP contribution < -0.4 is 11.1 Å². The van der Waals surface area contributed by atoms with Gasteiger partial charge in [0.1, 0.15) is 5.82 Å². The largest absolute Gasteiger partial charge is 0.397 e. The Balaban J connectivity index is 2.00. The minimum absolute atomic E-state index is 0.242. The van der Waals surface area contributed by atoms with E-state index >= 15 is 0 Å². The summed E-state index contributed by atoms with van der Waals surface area (Å²) >= 11 is 1.94. The lowest BCUT2D eigenvalue weighted by atomic mass is 10.1. The highest BCUT2D eigenvalue weighted by molar-refractivity contribution is 14.1. The summed E-state index contributed by atoms with van der Waals surface area (Å²) < 4.78 is 14.0.